The molecule has 0 saturated carbocycles. The SMILES string of the molecule is Cc1cc(=O)c(C(=O)NCc2nnc3ccccn23)c[nH]1. The van der Waals surface area contributed by atoms with Crippen molar-refractivity contribution in [2.45, 2.75) is 13.5 Å². The monoisotopic (exact) mass is 283 g/mol. The van der Waals surface area contributed by atoms with Crippen molar-refractivity contribution >= 4 is 11.6 Å². The first-order valence-corrected chi connectivity index (χ1v) is 6.41. The number of aromatic nitrogens is 4. The van der Waals surface area contributed by atoms with Gasteiger partial charge in [-0.3, -0.25) is 14.0 Å². The van der Waals surface area contributed by atoms with Gasteiger partial charge in [-0.2, -0.15) is 0 Å². The second-order valence-electron chi connectivity index (χ2n) is 4.62. The number of aryl methyl sites for hydroxylation is 1. The van der Waals surface area contributed by atoms with Crippen LogP contribution in [0.15, 0.2) is 41.5 Å². The fourth-order valence-electron chi connectivity index (χ4n) is 2.02. The number of fused-ring (bicyclic) bond motifs is 1. The molecule has 21 heavy (non-hydrogen) atoms. The number of pyridine rings is 2. The van der Waals surface area contributed by atoms with Gasteiger partial charge in [0.2, 0.25) is 0 Å². The molecule has 0 atom stereocenters. The van der Waals surface area contributed by atoms with Gasteiger partial charge >= 0.3 is 0 Å². The third kappa shape index (κ3) is 2.53. The highest BCUT2D eigenvalue weighted by atomic mass is 16.2. The lowest BCUT2D eigenvalue weighted by Gasteiger charge is -2.04. The molecule has 0 radical (unpaired) electrons. The number of carbonyl (C=O) groups is 1. The van der Waals surface area contributed by atoms with Crippen LogP contribution in [0, 0.1) is 6.92 Å². The highest BCUT2D eigenvalue weighted by Gasteiger charge is 2.11. The lowest BCUT2D eigenvalue weighted by molar-refractivity contribution is 0.0948. The van der Waals surface area contributed by atoms with E-state index in [-0.39, 0.29) is 17.5 Å². The first-order valence-electron chi connectivity index (χ1n) is 6.41. The molecule has 0 aliphatic heterocycles. The summed E-state index contributed by atoms with van der Waals surface area (Å²) in [5, 5.41) is 10.7. The molecule has 0 saturated heterocycles. The summed E-state index contributed by atoms with van der Waals surface area (Å²) in [6, 6.07) is 6.93. The Morgan fingerprint density at radius 1 is 1.38 bits per heavy atom. The Hall–Kier alpha value is -2.96. The molecule has 0 aromatic carbocycles. The van der Waals surface area contributed by atoms with E-state index in [0.717, 1.165) is 0 Å². The predicted octanol–water partition coefficient (Wildman–Crippen LogP) is 0.656. The van der Waals surface area contributed by atoms with Crippen LogP contribution in [0.5, 0.6) is 0 Å². The van der Waals surface area contributed by atoms with E-state index in [0.29, 0.717) is 17.2 Å². The van der Waals surface area contributed by atoms with Gasteiger partial charge in [-0.25, -0.2) is 0 Å². The van der Waals surface area contributed by atoms with Crippen LogP contribution in [-0.4, -0.2) is 25.5 Å². The molecule has 3 rings (SSSR count). The van der Waals surface area contributed by atoms with E-state index in [4.69, 9.17) is 0 Å². The number of hydrogen-bond acceptors (Lipinski definition) is 4. The van der Waals surface area contributed by atoms with Gasteiger partial charge in [0.25, 0.3) is 5.91 Å². The molecule has 7 heteroatoms. The zero-order valence-corrected chi connectivity index (χ0v) is 11.3. The Bertz CT molecular complexity index is 865. The maximum atomic E-state index is 12.0. The number of rotatable bonds is 3. The van der Waals surface area contributed by atoms with Gasteiger partial charge in [-0.1, -0.05) is 6.07 Å². The summed E-state index contributed by atoms with van der Waals surface area (Å²) in [5.41, 5.74) is 1.18. The Morgan fingerprint density at radius 3 is 3.05 bits per heavy atom. The molecule has 0 fully saturated rings. The average Bonchev–Trinajstić information content (AvgIpc) is 2.88. The van der Waals surface area contributed by atoms with Crippen molar-refractivity contribution in [1.82, 2.24) is 24.9 Å². The van der Waals surface area contributed by atoms with Crippen LogP contribution in [-0.2, 0) is 6.54 Å². The molecular weight excluding hydrogens is 270 g/mol. The molecule has 0 aliphatic carbocycles. The van der Waals surface area contributed by atoms with Crippen LogP contribution in [0.3, 0.4) is 0 Å². The van der Waals surface area contributed by atoms with Crippen molar-refractivity contribution < 1.29 is 4.79 Å². The van der Waals surface area contributed by atoms with Gasteiger partial charge in [0.15, 0.2) is 16.9 Å². The standard InChI is InChI=1S/C14H13N5O2/c1-9-6-11(20)10(7-15-9)14(21)16-8-13-18-17-12-4-2-3-5-19(12)13/h2-7H,8H2,1H3,(H,15,20)(H,16,21). The van der Waals surface area contributed by atoms with Crippen molar-refractivity contribution in [3.05, 3.63) is 64.0 Å². The lowest BCUT2D eigenvalue weighted by atomic mass is 10.2. The third-order valence-corrected chi connectivity index (χ3v) is 3.09. The number of aromatic amines is 1. The van der Waals surface area contributed by atoms with Gasteiger partial charge in [0.1, 0.15) is 5.56 Å². The minimum atomic E-state index is -0.441. The summed E-state index contributed by atoms with van der Waals surface area (Å²) in [6.07, 6.45) is 3.23. The normalized spacial score (nSPS) is 10.7. The van der Waals surface area contributed by atoms with Crippen LogP contribution < -0.4 is 10.7 Å². The van der Waals surface area contributed by atoms with Crippen LogP contribution in [0.2, 0.25) is 0 Å². The topological polar surface area (TPSA) is 92.2 Å². The van der Waals surface area contributed by atoms with E-state index >= 15 is 0 Å². The van der Waals surface area contributed by atoms with E-state index in [9.17, 15) is 9.59 Å². The fourth-order valence-corrected chi connectivity index (χ4v) is 2.02. The van der Waals surface area contributed by atoms with Crippen molar-refractivity contribution in [3.63, 3.8) is 0 Å². The van der Waals surface area contributed by atoms with E-state index < -0.39 is 5.91 Å². The quantitative estimate of drug-likeness (QED) is 0.738. The van der Waals surface area contributed by atoms with Crippen LogP contribution in [0.4, 0.5) is 0 Å². The van der Waals surface area contributed by atoms with E-state index in [1.165, 1.54) is 12.3 Å². The zero-order chi connectivity index (χ0) is 14.8. The molecule has 3 heterocycles. The van der Waals surface area contributed by atoms with Gasteiger partial charge in [-0.15, -0.1) is 10.2 Å². The second-order valence-corrected chi connectivity index (χ2v) is 4.62. The Balaban J connectivity index is 1.78. The smallest absolute Gasteiger partial charge is 0.257 e. The molecule has 3 aromatic rings. The molecule has 106 valence electrons. The number of amides is 1. The minimum Gasteiger partial charge on any atom is -0.364 e. The minimum absolute atomic E-state index is 0.0782. The van der Waals surface area contributed by atoms with E-state index in [1.807, 2.05) is 24.4 Å². The van der Waals surface area contributed by atoms with Gasteiger partial charge in [0.05, 0.1) is 6.54 Å². The zero-order valence-electron chi connectivity index (χ0n) is 11.3. The maximum absolute atomic E-state index is 12.0. The number of carbonyl (C=O) groups excluding carboxylic acids is 1. The molecule has 0 spiro atoms. The number of nitrogens with zero attached hydrogens (tertiary/aromatic N) is 3. The van der Waals surface area contributed by atoms with Crippen LogP contribution >= 0.6 is 0 Å². The molecule has 2 N–H and O–H groups in total. The van der Waals surface area contributed by atoms with Crippen LogP contribution in [0.1, 0.15) is 21.9 Å². The third-order valence-electron chi connectivity index (χ3n) is 3.09. The molecule has 0 unspecified atom stereocenters. The van der Waals surface area contributed by atoms with Crippen molar-refractivity contribution in [2.24, 2.45) is 0 Å². The summed E-state index contributed by atoms with van der Waals surface area (Å²) in [5.74, 6) is 0.159. The molecule has 3 aromatic heterocycles. The van der Waals surface area contributed by atoms with Crippen molar-refractivity contribution in [2.75, 3.05) is 0 Å². The highest BCUT2D eigenvalue weighted by molar-refractivity contribution is 5.93. The first-order chi connectivity index (χ1) is 10.1. The Labute approximate surface area is 119 Å². The Kier molecular flexibility index (Phi) is 3.23. The molecule has 0 bridgehead atoms. The molecule has 0 aliphatic rings. The van der Waals surface area contributed by atoms with Gasteiger partial charge in [0, 0.05) is 24.2 Å². The van der Waals surface area contributed by atoms with Crippen molar-refractivity contribution in [3.8, 4) is 0 Å². The Morgan fingerprint density at radius 2 is 2.24 bits per heavy atom. The second kappa shape index (κ2) is 5.20. The molecule has 1 amide bonds. The molecule has 7 nitrogen and oxygen atoms in total. The van der Waals surface area contributed by atoms with E-state index in [2.05, 4.69) is 20.5 Å². The van der Waals surface area contributed by atoms with Crippen molar-refractivity contribution in [1.29, 1.82) is 0 Å². The van der Waals surface area contributed by atoms with Crippen LogP contribution in [0.25, 0.3) is 5.65 Å². The van der Waals surface area contributed by atoms with Gasteiger partial charge in [-0.05, 0) is 19.1 Å². The summed E-state index contributed by atoms with van der Waals surface area (Å²) in [4.78, 5) is 26.6. The summed E-state index contributed by atoms with van der Waals surface area (Å²) in [7, 11) is 0. The number of nitrogens with one attached hydrogen (secondary N) is 2. The summed E-state index contributed by atoms with van der Waals surface area (Å²) < 4.78 is 1.78. The first kappa shape index (κ1) is 13.0. The van der Waals surface area contributed by atoms with Gasteiger partial charge < -0.3 is 10.3 Å². The number of hydrogen-bond donors (Lipinski definition) is 2. The summed E-state index contributed by atoms with van der Waals surface area (Å²) >= 11 is 0. The number of H-pyrrole nitrogens is 1. The lowest BCUT2D eigenvalue weighted by Crippen LogP contribution is -2.29. The predicted molar refractivity (Wildman–Crippen MR) is 76.0 cm³/mol. The largest absolute Gasteiger partial charge is 0.364 e. The van der Waals surface area contributed by atoms with E-state index in [1.54, 1.807) is 11.3 Å². The average molecular weight is 283 g/mol. The highest BCUT2D eigenvalue weighted by Crippen LogP contribution is 2.02. The maximum Gasteiger partial charge on any atom is 0.257 e. The molecular formula is C14H13N5O2. The fraction of sp³-hybridized carbons (Fsp3) is 0.143. The summed E-state index contributed by atoms with van der Waals surface area (Å²) in [6.45, 7) is 1.95.